The third-order valence-corrected chi connectivity index (χ3v) is 2.34. The van der Waals surface area contributed by atoms with Crippen LogP contribution in [0.1, 0.15) is 33.6 Å². The van der Waals surface area contributed by atoms with Gasteiger partial charge in [0.2, 0.25) is 0 Å². The molecule has 0 aliphatic carbocycles. The van der Waals surface area contributed by atoms with E-state index in [0.717, 1.165) is 0 Å². The number of rotatable bonds is 9. The lowest BCUT2D eigenvalue weighted by Gasteiger charge is -2.15. The minimum Gasteiger partial charge on any atom is -0.391 e. The smallest absolute Gasteiger partial charge is 0.135 e. The van der Waals surface area contributed by atoms with E-state index in [2.05, 4.69) is 0 Å². The fourth-order valence-corrected chi connectivity index (χ4v) is 1.24. The van der Waals surface area contributed by atoms with E-state index in [1.165, 1.54) is 0 Å². The van der Waals surface area contributed by atoms with E-state index < -0.39 is 6.10 Å². The summed E-state index contributed by atoms with van der Waals surface area (Å²) >= 11 is 0. The molecule has 0 saturated carbocycles. The van der Waals surface area contributed by atoms with E-state index in [1.54, 1.807) is 7.11 Å². The lowest BCUT2D eigenvalue weighted by atomic mass is 10.0. The van der Waals surface area contributed by atoms with Gasteiger partial charge in [-0.2, -0.15) is 0 Å². The van der Waals surface area contributed by atoms with E-state index >= 15 is 0 Å². The van der Waals surface area contributed by atoms with Crippen LogP contribution in [0.25, 0.3) is 0 Å². The molecule has 0 heterocycles. The van der Waals surface area contributed by atoms with E-state index in [1.807, 2.05) is 20.8 Å². The summed E-state index contributed by atoms with van der Waals surface area (Å²) in [6, 6.07) is 0. The van der Waals surface area contributed by atoms with Crippen LogP contribution in [-0.2, 0) is 14.3 Å². The summed E-state index contributed by atoms with van der Waals surface area (Å²) in [5.74, 6) is 0.226. The summed E-state index contributed by atoms with van der Waals surface area (Å²) < 4.78 is 10.3. The largest absolute Gasteiger partial charge is 0.391 e. The minimum atomic E-state index is -0.568. The van der Waals surface area contributed by atoms with Crippen LogP contribution in [0, 0.1) is 5.92 Å². The lowest BCUT2D eigenvalue weighted by Crippen LogP contribution is -2.23. The molecule has 0 aromatic heterocycles. The van der Waals surface area contributed by atoms with Crippen molar-refractivity contribution in [2.75, 3.05) is 20.3 Å². The molecule has 0 spiro atoms. The van der Waals surface area contributed by atoms with Crippen LogP contribution in [0.5, 0.6) is 0 Å². The summed E-state index contributed by atoms with van der Waals surface area (Å²) in [4.78, 5) is 11.3. The van der Waals surface area contributed by atoms with Crippen LogP contribution in [0.3, 0.4) is 0 Å². The summed E-state index contributed by atoms with van der Waals surface area (Å²) in [6.45, 7) is 6.39. The second-order valence-corrected chi connectivity index (χ2v) is 4.41. The predicted octanol–water partition coefficient (Wildman–Crippen LogP) is 1.40. The standard InChI is InChI=1S/C12H24O4/c1-9(2)12(14)6-5-11(13)8-16-10(3)7-15-4/h9-11,13H,5-8H2,1-4H3. The molecule has 16 heavy (non-hydrogen) atoms. The Morgan fingerprint density at radius 1 is 1.25 bits per heavy atom. The Bertz CT molecular complexity index is 191. The summed E-state index contributed by atoms with van der Waals surface area (Å²) in [5, 5.41) is 9.58. The maximum absolute atomic E-state index is 11.3. The highest BCUT2D eigenvalue weighted by Gasteiger charge is 2.12. The first-order chi connectivity index (χ1) is 7.47. The van der Waals surface area contributed by atoms with Crippen LogP contribution >= 0.6 is 0 Å². The number of aliphatic hydroxyl groups excluding tert-OH is 1. The van der Waals surface area contributed by atoms with Gasteiger partial charge in [-0.25, -0.2) is 0 Å². The van der Waals surface area contributed by atoms with Crippen molar-refractivity contribution in [2.45, 2.75) is 45.8 Å². The van der Waals surface area contributed by atoms with E-state index in [4.69, 9.17) is 9.47 Å². The predicted molar refractivity (Wildman–Crippen MR) is 62.4 cm³/mol. The van der Waals surface area contributed by atoms with Crippen molar-refractivity contribution in [1.29, 1.82) is 0 Å². The van der Waals surface area contributed by atoms with Crippen LogP contribution < -0.4 is 0 Å². The normalized spacial score (nSPS) is 15.1. The second kappa shape index (κ2) is 8.67. The van der Waals surface area contributed by atoms with Gasteiger partial charge in [-0.05, 0) is 13.3 Å². The molecule has 1 N–H and O–H groups in total. The topological polar surface area (TPSA) is 55.8 Å². The Hall–Kier alpha value is -0.450. The molecule has 4 heteroatoms. The van der Waals surface area contributed by atoms with Crippen LogP contribution in [-0.4, -0.2) is 43.4 Å². The van der Waals surface area contributed by atoms with Gasteiger partial charge in [-0.3, -0.25) is 4.79 Å². The molecule has 4 nitrogen and oxygen atoms in total. The first-order valence-electron chi connectivity index (χ1n) is 5.78. The molecule has 0 amide bonds. The van der Waals surface area contributed by atoms with E-state index in [9.17, 15) is 9.90 Å². The number of ketones is 1. The quantitative estimate of drug-likeness (QED) is 0.653. The van der Waals surface area contributed by atoms with Crippen LogP contribution in [0.4, 0.5) is 0 Å². The summed E-state index contributed by atoms with van der Waals surface area (Å²) in [6.07, 6.45) is 0.292. The van der Waals surface area contributed by atoms with Crippen molar-refractivity contribution < 1.29 is 19.4 Å². The number of aliphatic hydroxyl groups is 1. The molecule has 2 atom stereocenters. The molecule has 0 fully saturated rings. The van der Waals surface area contributed by atoms with Crippen molar-refractivity contribution in [3.8, 4) is 0 Å². The molecule has 0 bridgehead atoms. The van der Waals surface area contributed by atoms with Crippen molar-refractivity contribution >= 4 is 5.78 Å². The SMILES string of the molecule is COCC(C)OCC(O)CCC(=O)C(C)C. The fourth-order valence-electron chi connectivity index (χ4n) is 1.24. The van der Waals surface area contributed by atoms with E-state index in [0.29, 0.717) is 19.4 Å². The van der Waals surface area contributed by atoms with Gasteiger partial charge >= 0.3 is 0 Å². The Balaban J connectivity index is 3.58. The first-order valence-corrected chi connectivity index (χ1v) is 5.78. The van der Waals surface area contributed by atoms with Gasteiger partial charge in [-0.1, -0.05) is 13.8 Å². The second-order valence-electron chi connectivity index (χ2n) is 4.41. The van der Waals surface area contributed by atoms with Crippen LogP contribution in [0.2, 0.25) is 0 Å². The zero-order valence-electron chi connectivity index (χ0n) is 10.7. The van der Waals surface area contributed by atoms with Crippen molar-refractivity contribution in [3.63, 3.8) is 0 Å². The molecular formula is C12H24O4. The maximum atomic E-state index is 11.3. The fraction of sp³-hybridized carbons (Fsp3) is 0.917. The molecular weight excluding hydrogens is 208 g/mol. The van der Waals surface area contributed by atoms with Gasteiger partial charge in [0.05, 0.1) is 25.4 Å². The molecule has 0 aromatic carbocycles. The zero-order valence-corrected chi connectivity index (χ0v) is 10.7. The molecule has 0 radical (unpaired) electrons. The van der Waals surface area contributed by atoms with Gasteiger partial charge in [0.25, 0.3) is 0 Å². The van der Waals surface area contributed by atoms with Gasteiger partial charge < -0.3 is 14.6 Å². The zero-order chi connectivity index (χ0) is 12.6. The average Bonchev–Trinajstić information content (AvgIpc) is 2.23. The number of hydrogen-bond acceptors (Lipinski definition) is 4. The monoisotopic (exact) mass is 232 g/mol. The molecule has 0 rings (SSSR count). The summed E-state index contributed by atoms with van der Waals surface area (Å²) in [7, 11) is 1.61. The third-order valence-electron chi connectivity index (χ3n) is 2.34. The molecule has 0 saturated heterocycles. The number of Topliss-reactive ketones (excluding diaryl/α,β-unsaturated/α-hetero) is 1. The third kappa shape index (κ3) is 7.79. The molecule has 0 aliphatic rings. The van der Waals surface area contributed by atoms with Gasteiger partial charge in [0.1, 0.15) is 5.78 Å². The van der Waals surface area contributed by atoms with Crippen molar-refractivity contribution in [2.24, 2.45) is 5.92 Å². The highest BCUT2D eigenvalue weighted by Crippen LogP contribution is 2.06. The molecule has 0 aromatic rings. The highest BCUT2D eigenvalue weighted by molar-refractivity contribution is 5.80. The van der Waals surface area contributed by atoms with Crippen molar-refractivity contribution in [3.05, 3.63) is 0 Å². The Kier molecular flexibility index (Phi) is 8.43. The molecule has 0 aliphatic heterocycles. The number of hydrogen-bond donors (Lipinski definition) is 1. The molecule has 2 unspecified atom stereocenters. The Labute approximate surface area is 97.9 Å². The minimum absolute atomic E-state index is 0.0274. The van der Waals surface area contributed by atoms with Gasteiger partial charge in [0.15, 0.2) is 0 Å². The van der Waals surface area contributed by atoms with Gasteiger partial charge in [0, 0.05) is 19.4 Å². The maximum Gasteiger partial charge on any atom is 0.135 e. The first kappa shape index (κ1) is 15.6. The Morgan fingerprint density at radius 3 is 2.38 bits per heavy atom. The summed E-state index contributed by atoms with van der Waals surface area (Å²) in [5.41, 5.74) is 0. The number of ether oxygens (including phenoxy) is 2. The average molecular weight is 232 g/mol. The molecule has 96 valence electrons. The van der Waals surface area contributed by atoms with E-state index in [-0.39, 0.29) is 24.4 Å². The number of carbonyl (C=O) groups excluding carboxylic acids is 1. The number of carbonyl (C=O) groups is 1. The lowest BCUT2D eigenvalue weighted by molar-refractivity contribution is -0.122. The number of methoxy groups -OCH3 is 1. The van der Waals surface area contributed by atoms with Crippen LogP contribution in [0.15, 0.2) is 0 Å². The van der Waals surface area contributed by atoms with Crippen molar-refractivity contribution in [1.82, 2.24) is 0 Å². The highest BCUT2D eigenvalue weighted by atomic mass is 16.5. The van der Waals surface area contributed by atoms with Gasteiger partial charge in [-0.15, -0.1) is 0 Å². The Morgan fingerprint density at radius 2 is 1.88 bits per heavy atom.